The first-order valence-corrected chi connectivity index (χ1v) is 11.9. The fraction of sp³-hybridized carbons (Fsp3) is 0.385. The Labute approximate surface area is 204 Å². The normalized spacial score (nSPS) is 16.9. The van der Waals surface area contributed by atoms with E-state index < -0.39 is 0 Å². The molecule has 0 unspecified atom stereocenters. The molecule has 0 radical (unpaired) electrons. The predicted molar refractivity (Wildman–Crippen MR) is 130 cm³/mol. The molecule has 5 rings (SSSR count). The van der Waals surface area contributed by atoms with Crippen LogP contribution in [0.25, 0.3) is 22.9 Å². The Morgan fingerprint density at radius 1 is 0.771 bits per heavy atom. The van der Waals surface area contributed by atoms with Crippen molar-refractivity contribution in [3.63, 3.8) is 0 Å². The summed E-state index contributed by atoms with van der Waals surface area (Å²) < 4.78 is 11.2. The molecule has 9 nitrogen and oxygen atoms in total. The van der Waals surface area contributed by atoms with E-state index in [1.807, 2.05) is 53.1 Å². The van der Waals surface area contributed by atoms with Crippen LogP contribution in [0.15, 0.2) is 52.9 Å². The van der Waals surface area contributed by atoms with Crippen molar-refractivity contribution < 1.29 is 18.7 Å². The molecular formula is C26H29N5O4. The summed E-state index contributed by atoms with van der Waals surface area (Å²) in [5.41, 5.74) is 3.41. The van der Waals surface area contributed by atoms with Gasteiger partial charge in [0.25, 0.3) is 5.91 Å². The lowest BCUT2D eigenvalue weighted by molar-refractivity contribution is -0.136. The Balaban J connectivity index is 1.15. The number of benzene rings is 2. The summed E-state index contributed by atoms with van der Waals surface area (Å²) in [6, 6.07) is 15.2. The van der Waals surface area contributed by atoms with Gasteiger partial charge < -0.3 is 19.0 Å². The number of ether oxygens (including phenoxy) is 1. The van der Waals surface area contributed by atoms with Crippen LogP contribution in [0.5, 0.6) is 0 Å². The summed E-state index contributed by atoms with van der Waals surface area (Å²) in [5.74, 6) is 1.00. The molecule has 0 atom stereocenters. The van der Waals surface area contributed by atoms with Crippen LogP contribution in [0.3, 0.4) is 0 Å². The van der Waals surface area contributed by atoms with E-state index in [1.54, 1.807) is 12.1 Å². The standard InChI is InChI=1S/C26H29N5O4/c1-19-2-4-20(5-3-19)24-27-28-25(35-24)21-6-8-22(9-7-21)26(33)31-12-10-29(11-13-31)18-23(32)30-14-16-34-17-15-30/h2-9H,10-18H2,1H3. The molecule has 0 aliphatic carbocycles. The van der Waals surface area contributed by atoms with Crippen molar-refractivity contribution in [2.24, 2.45) is 0 Å². The summed E-state index contributed by atoms with van der Waals surface area (Å²) >= 11 is 0. The van der Waals surface area contributed by atoms with E-state index in [-0.39, 0.29) is 11.8 Å². The molecule has 3 heterocycles. The number of hydrogen-bond acceptors (Lipinski definition) is 7. The van der Waals surface area contributed by atoms with Crippen molar-refractivity contribution in [2.75, 3.05) is 59.0 Å². The molecule has 2 amide bonds. The fourth-order valence-corrected chi connectivity index (χ4v) is 4.30. The largest absolute Gasteiger partial charge is 0.416 e. The Bertz CT molecular complexity index is 1160. The van der Waals surface area contributed by atoms with Gasteiger partial charge in [-0.25, -0.2) is 0 Å². The number of amides is 2. The zero-order valence-corrected chi connectivity index (χ0v) is 19.9. The Morgan fingerprint density at radius 2 is 1.34 bits per heavy atom. The van der Waals surface area contributed by atoms with Gasteiger partial charge in [-0.15, -0.1) is 10.2 Å². The molecule has 0 N–H and O–H groups in total. The third-order valence-corrected chi connectivity index (χ3v) is 6.48. The van der Waals surface area contributed by atoms with Gasteiger partial charge in [-0.1, -0.05) is 17.7 Å². The molecule has 1 aromatic heterocycles. The van der Waals surface area contributed by atoms with Crippen LogP contribution in [0.4, 0.5) is 0 Å². The van der Waals surface area contributed by atoms with Gasteiger partial charge in [0.05, 0.1) is 19.8 Å². The summed E-state index contributed by atoms with van der Waals surface area (Å²) in [6.07, 6.45) is 0. The van der Waals surface area contributed by atoms with Gasteiger partial charge in [0.2, 0.25) is 17.7 Å². The first-order chi connectivity index (χ1) is 17.1. The number of hydrogen-bond donors (Lipinski definition) is 0. The average molecular weight is 476 g/mol. The van der Waals surface area contributed by atoms with E-state index in [4.69, 9.17) is 9.15 Å². The minimum Gasteiger partial charge on any atom is -0.416 e. The molecule has 3 aromatic rings. The molecule has 2 fully saturated rings. The molecule has 2 aromatic carbocycles. The minimum absolute atomic E-state index is 0.0124. The second kappa shape index (κ2) is 10.4. The molecule has 2 aliphatic rings. The molecule has 9 heteroatoms. The highest BCUT2D eigenvalue weighted by molar-refractivity contribution is 5.94. The number of aryl methyl sites for hydroxylation is 1. The van der Waals surface area contributed by atoms with Gasteiger partial charge in [0.15, 0.2) is 0 Å². The van der Waals surface area contributed by atoms with Crippen LogP contribution < -0.4 is 0 Å². The second-order valence-corrected chi connectivity index (χ2v) is 8.92. The monoisotopic (exact) mass is 475 g/mol. The van der Waals surface area contributed by atoms with Crippen molar-refractivity contribution in [3.05, 3.63) is 59.7 Å². The lowest BCUT2D eigenvalue weighted by Gasteiger charge is -2.36. The average Bonchev–Trinajstić information content (AvgIpc) is 3.40. The highest BCUT2D eigenvalue weighted by Gasteiger charge is 2.25. The maximum atomic E-state index is 13.0. The van der Waals surface area contributed by atoms with E-state index in [2.05, 4.69) is 15.1 Å². The number of carbonyl (C=O) groups excluding carboxylic acids is 2. The van der Waals surface area contributed by atoms with Gasteiger partial charge in [0.1, 0.15) is 0 Å². The van der Waals surface area contributed by atoms with E-state index in [0.717, 1.165) is 16.7 Å². The van der Waals surface area contributed by atoms with Crippen LogP contribution in [0.1, 0.15) is 15.9 Å². The summed E-state index contributed by atoms with van der Waals surface area (Å²) in [6.45, 7) is 7.51. The number of carbonyl (C=O) groups is 2. The topological polar surface area (TPSA) is 92.0 Å². The van der Waals surface area contributed by atoms with Crippen LogP contribution >= 0.6 is 0 Å². The Morgan fingerprint density at radius 3 is 1.94 bits per heavy atom. The van der Waals surface area contributed by atoms with Crippen LogP contribution in [0.2, 0.25) is 0 Å². The van der Waals surface area contributed by atoms with E-state index in [0.29, 0.717) is 76.4 Å². The number of aromatic nitrogens is 2. The van der Waals surface area contributed by atoms with Crippen molar-refractivity contribution in [1.82, 2.24) is 24.9 Å². The predicted octanol–water partition coefficient (Wildman–Crippen LogP) is 2.33. The minimum atomic E-state index is -0.0124. The van der Waals surface area contributed by atoms with E-state index >= 15 is 0 Å². The molecule has 182 valence electrons. The number of morpholine rings is 1. The smallest absolute Gasteiger partial charge is 0.253 e. The Hall–Kier alpha value is -3.56. The highest BCUT2D eigenvalue weighted by atomic mass is 16.5. The van der Waals surface area contributed by atoms with Gasteiger partial charge >= 0.3 is 0 Å². The lowest BCUT2D eigenvalue weighted by Crippen LogP contribution is -2.52. The third kappa shape index (κ3) is 5.41. The van der Waals surface area contributed by atoms with Crippen LogP contribution in [-0.2, 0) is 9.53 Å². The molecule has 2 saturated heterocycles. The Kier molecular flexibility index (Phi) is 6.87. The number of piperazine rings is 1. The highest BCUT2D eigenvalue weighted by Crippen LogP contribution is 2.24. The molecule has 2 aliphatic heterocycles. The van der Waals surface area contributed by atoms with Crippen LogP contribution in [0, 0.1) is 6.92 Å². The molecule has 35 heavy (non-hydrogen) atoms. The first kappa shape index (κ1) is 23.2. The van der Waals surface area contributed by atoms with Crippen molar-refractivity contribution >= 4 is 11.8 Å². The summed E-state index contributed by atoms with van der Waals surface area (Å²) in [5, 5.41) is 8.31. The lowest BCUT2D eigenvalue weighted by atomic mass is 10.1. The zero-order chi connectivity index (χ0) is 24.2. The SMILES string of the molecule is Cc1ccc(-c2nnc(-c3ccc(C(=O)N4CCN(CC(=O)N5CCOCC5)CC4)cc3)o2)cc1. The number of rotatable bonds is 5. The van der Waals surface area contributed by atoms with Gasteiger partial charge in [-0.2, -0.15) is 0 Å². The maximum Gasteiger partial charge on any atom is 0.253 e. The summed E-state index contributed by atoms with van der Waals surface area (Å²) in [4.78, 5) is 31.3. The number of nitrogens with zero attached hydrogens (tertiary/aromatic N) is 5. The summed E-state index contributed by atoms with van der Waals surface area (Å²) in [7, 11) is 0. The second-order valence-electron chi connectivity index (χ2n) is 8.92. The molecular weight excluding hydrogens is 446 g/mol. The quantitative estimate of drug-likeness (QED) is 0.559. The van der Waals surface area contributed by atoms with Gasteiger partial charge in [-0.05, 0) is 43.3 Å². The fourth-order valence-electron chi connectivity index (χ4n) is 4.30. The van der Waals surface area contributed by atoms with E-state index in [9.17, 15) is 9.59 Å². The van der Waals surface area contributed by atoms with E-state index in [1.165, 1.54) is 0 Å². The van der Waals surface area contributed by atoms with Crippen molar-refractivity contribution in [2.45, 2.75) is 6.92 Å². The first-order valence-electron chi connectivity index (χ1n) is 11.9. The van der Waals surface area contributed by atoms with Crippen LogP contribution in [-0.4, -0.2) is 95.7 Å². The van der Waals surface area contributed by atoms with Crippen molar-refractivity contribution in [3.8, 4) is 22.9 Å². The van der Waals surface area contributed by atoms with Gasteiger partial charge in [-0.3, -0.25) is 14.5 Å². The molecule has 0 bridgehead atoms. The third-order valence-electron chi connectivity index (χ3n) is 6.48. The zero-order valence-electron chi connectivity index (χ0n) is 19.9. The molecule has 0 spiro atoms. The molecule has 0 saturated carbocycles. The van der Waals surface area contributed by atoms with Gasteiger partial charge in [0, 0.05) is 56.0 Å². The van der Waals surface area contributed by atoms with Crippen molar-refractivity contribution in [1.29, 1.82) is 0 Å². The maximum absolute atomic E-state index is 13.0.